The average molecular weight is 296 g/mol. The van der Waals surface area contributed by atoms with Gasteiger partial charge in [-0.25, -0.2) is 4.98 Å². The van der Waals surface area contributed by atoms with Crippen LogP contribution in [0, 0.1) is 0 Å². The molecule has 0 fully saturated rings. The van der Waals surface area contributed by atoms with Gasteiger partial charge in [0.2, 0.25) is 0 Å². The molecule has 3 aromatic carbocycles. The Hall–Kier alpha value is -3.13. The first-order valence-corrected chi connectivity index (χ1v) is 7.64. The molecule has 0 aliphatic heterocycles. The molecule has 0 bridgehead atoms. The van der Waals surface area contributed by atoms with E-state index in [0.29, 0.717) is 0 Å². The molecule has 1 aromatic heterocycles. The van der Waals surface area contributed by atoms with E-state index in [-0.39, 0.29) is 0 Å². The van der Waals surface area contributed by atoms with Crippen molar-refractivity contribution in [2.24, 2.45) is 0 Å². The fraction of sp³-hybridized carbons (Fsp3) is 0. The van der Waals surface area contributed by atoms with Crippen molar-refractivity contribution < 1.29 is 0 Å². The number of aromatic nitrogens is 2. The molecule has 4 aromatic rings. The van der Waals surface area contributed by atoms with E-state index in [4.69, 9.17) is 0 Å². The van der Waals surface area contributed by atoms with Gasteiger partial charge >= 0.3 is 0 Å². The van der Waals surface area contributed by atoms with Crippen LogP contribution in [0.15, 0.2) is 85.5 Å². The summed E-state index contributed by atoms with van der Waals surface area (Å²) in [5.41, 5.74) is 3.54. The van der Waals surface area contributed by atoms with Crippen LogP contribution in [0.25, 0.3) is 28.6 Å². The van der Waals surface area contributed by atoms with Gasteiger partial charge in [-0.05, 0) is 34.0 Å². The number of nitrogens with zero attached hydrogens (tertiary/aromatic N) is 2. The van der Waals surface area contributed by atoms with E-state index in [1.165, 1.54) is 21.9 Å². The van der Waals surface area contributed by atoms with Crippen LogP contribution < -0.4 is 0 Å². The van der Waals surface area contributed by atoms with E-state index in [9.17, 15) is 0 Å². The van der Waals surface area contributed by atoms with Crippen LogP contribution in [-0.4, -0.2) is 9.55 Å². The molecule has 0 amide bonds. The van der Waals surface area contributed by atoms with Gasteiger partial charge in [0.15, 0.2) is 0 Å². The molecule has 110 valence electrons. The van der Waals surface area contributed by atoms with E-state index in [0.717, 1.165) is 5.69 Å². The largest absolute Gasteiger partial charge is 0.306 e. The second kappa shape index (κ2) is 5.93. The van der Waals surface area contributed by atoms with Crippen molar-refractivity contribution in [1.82, 2.24) is 9.55 Å². The fourth-order valence-electron chi connectivity index (χ4n) is 2.75. The molecule has 0 radical (unpaired) electrons. The predicted octanol–water partition coefficient (Wildman–Crippen LogP) is 5.20. The van der Waals surface area contributed by atoms with Crippen molar-refractivity contribution in [2.75, 3.05) is 0 Å². The topological polar surface area (TPSA) is 17.8 Å². The van der Waals surface area contributed by atoms with Crippen LogP contribution in [0.2, 0.25) is 0 Å². The van der Waals surface area contributed by atoms with Crippen LogP contribution in [0.3, 0.4) is 0 Å². The Labute approximate surface area is 135 Å². The summed E-state index contributed by atoms with van der Waals surface area (Å²) in [7, 11) is 0. The zero-order chi connectivity index (χ0) is 15.5. The molecule has 23 heavy (non-hydrogen) atoms. The number of hydrogen-bond donors (Lipinski definition) is 0. The van der Waals surface area contributed by atoms with E-state index in [2.05, 4.69) is 83.9 Å². The van der Waals surface area contributed by atoms with Crippen molar-refractivity contribution in [3.8, 4) is 5.69 Å². The second-order valence-electron chi connectivity index (χ2n) is 5.46. The van der Waals surface area contributed by atoms with Crippen molar-refractivity contribution in [3.05, 3.63) is 96.6 Å². The zero-order valence-electron chi connectivity index (χ0n) is 12.6. The van der Waals surface area contributed by atoms with Crippen molar-refractivity contribution in [1.29, 1.82) is 0 Å². The van der Waals surface area contributed by atoms with E-state index >= 15 is 0 Å². The monoisotopic (exact) mass is 296 g/mol. The van der Waals surface area contributed by atoms with Gasteiger partial charge in [0.1, 0.15) is 0 Å². The molecule has 4 rings (SSSR count). The summed E-state index contributed by atoms with van der Waals surface area (Å²) in [6.45, 7) is 0. The number of benzene rings is 3. The minimum atomic E-state index is 1.12. The predicted molar refractivity (Wildman–Crippen MR) is 96.4 cm³/mol. The average Bonchev–Trinajstić information content (AvgIpc) is 3.15. The fourth-order valence-corrected chi connectivity index (χ4v) is 2.75. The molecule has 2 heteroatoms. The van der Waals surface area contributed by atoms with Crippen LogP contribution in [-0.2, 0) is 0 Å². The Kier molecular flexibility index (Phi) is 3.49. The summed E-state index contributed by atoms with van der Waals surface area (Å²) in [6, 6.07) is 23.3. The van der Waals surface area contributed by atoms with Crippen LogP contribution in [0.5, 0.6) is 0 Å². The Morgan fingerprint density at radius 2 is 1.61 bits per heavy atom. The third kappa shape index (κ3) is 2.79. The standard InChI is InChI=1S/C21H16N2/c1-2-7-21-18(4-1)5-3-6-19(21)11-8-17-9-12-20(13-10-17)23-15-14-22-16-23/h1-16H/b11-8-. The zero-order valence-corrected chi connectivity index (χ0v) is 12.6. The number of rotatable bonds is 3. The van der Waals surface area contributed by atoms with Crippen molar-refractivity contribution >= 4 is 22.9 Å². The molecule has 0 atom stereocenters. The highest BCUT2D eigenvalue weighted by Gasteiger charge is 1.97. The summed E-state index contributed by atoms with van der Waals surface area (Å²) < 4.78 is 2.00. The molecule has 0 saturated heterocycles. The van der Waals surface area contributed by atoms with Gasteiger partial charge in [-0.15, -0.1) is 0 Å². The van der Waals surface area contributed by atoms with Crippen LogP contribution >= 0.6 is 0 Å². The lowest BCUT2D eigenvalue weighted by Crippen LogP contribution is -1.88. The molecule has 2 nitrogen and oxygen atoms in total. The normalized spacial score (nSPS) is 11.3. The molecule has 0 unspecified atom stereocenters. The number of fused-ring (bicyclic) bond motifs is 1. The van der Waals surface area contributed by atoms with Crippen LogP contribution in [0.4, 0.5) is 0 Å². The molecule has 0 aliphatic carbocycles. The lowest BCUT2D eigenvalue weighted by molar-refractivity contribution is 1.06. The van der Waals surface area contributed by atoms with E-state index < -0.39 is 0 Å². The van der Waals surface area contributed by atoms with E-state index in [1.54, 1.807) is 12.5 Å². The highest BCUT2D eigenvalue weighted by molar-refractivity contribution is 5.92. The summed E-state index contributed by atoms with van der Waals surface area (Å²) in [4.78, 5) is 4.07. The first-order valence-electron chi connectivity index (χ1n) is 7.64. The van der Waals surface area contributed by atoms with Gasteiger partial charge in [0.25, 0.3) is 0 Å². The molecular weight excluding hydrogens is 280 g/mol. The summed E-state index contributed by atoms with van der Waals surface area (Å²) in [5.74, 6) is 0. The third-order valence-electron chi connectivity index (χ3n) is 3.97. The molecule has 0 spiro atoms. The summed E-state index contributed by atoms with van der Waals surface area (Å²) >= 11 is 0. The Balaban J connectivity index is 1.63. The quantitative estimate of drug-likeness (QED) is 0.475. The van der Waals surface area contributed by atoms with Gasteiger partial charge in [-0.2, -0.15) is 0 Å². The van der Waals surface area contributed by atoms with Crippen LogP contribution in [0.1, 0.15) is 11.1 Å². The highest BCUT2D eigenvalue weighted by atomic mass is 15.0. The van der Waals surface area contributed by atoms with Gasteiger partial charge in [-0.1, -0.05) is 66.7 Å². The lowest BCUT2D eigenvalue weighted by Gasteiger charge is -2.03. The maximum Gasteiger partial charge on any atom is 0.0991 e. The first kappa shape index (κ1) is 13.5. The minimum Gasteiger partial charge on any atom is -0.306 e. The van der Waals surface area contributed by atoms with Gasteiger partial charge in [-0.3, -0.25) is 0 Å². The number of imidazole rings is 1. The SMILES string of the molecule is C(=C/c1cccc2ccccc12)/c1ccc(-n2ccnc2)cc1. The molecule has 0 saturated carbocycles. The second-order valence-corrected chi connectivity index (χ2v) is 5.46. The summed E-state index contributed by atoms with van der Waals surface area (Å²) in [6.07, 6.45) is 9.87. The first-order chi connectivity index (χ1) is 11.4. The van der Waals surface area contributed by atoms with E-state index in [1.807, 2.05) is 10.8 Å². The maximum atomic E-state index is 4.07. The Morgan fingerprint density at radius 1 is 0.783 bits per heavy atom. The van der Waals surface area contributed by atoms with Gasteiger partial charge < -0.3 is 4.57 Å². The van der Waals surface area contributed by atoms with Crippen molar-refractivity contribution in [3.63, 3.8) is 0 Å². The highest BCUT2D eigenvalue weighted by Crippen LogP contribution is 2.21. The minimum absolute atomic E-state index is 1.12. The molecular formula is C21H16N2. The van der Waals surface area contributed by atoms with Gasteiger partial charge in [0, 0.05) is 18.1 Å². The Morgan fingerprint density at radius 3 is 2.43 bits per heavy atom. The summed E-state index contributed by atoms with van der Waals surface area (Å²) in [5, 5.41) is 2.55. The molecule has 1 heterocycles. The number of hydrogen-bond acceptors (Lipinski definition) is 1. The van der Waals surface area contributed by atoms with Crippen molar-refractivity contribution in [2.45, 2.75) is 0 Å². The molecule has 0 aliphatic rings. The molecule has 0 N–H and O–H groups in total. The Bertz CT molecular complexity index is 943. The lowest BCUT2D eigenvalue weighted by atomic mass is 10.0. The van der Waals surface area contributed by atoms with Gasteiger partial charge in [0.05, 0.1) is 6.33 Å². The third-order valence-corrected chi connectivity index (χ3v) is 3.97. The maximum absolute atomic E-state index is 4.07. The smallest absolute Gasteiger partial charge is 0.0991 e.